The molecule has 0 aliphatic rings. The summed E-state index contributed by atoms with van der Waals surface area (Å²) in [4.78, 5) is 8.95. The smallest absolute Gasteiger partial charge is 0.0890 e. The molecule has 1 aromatic carbocycles. The van der Waals surface area contributed by atoms with E-state index >= 15 is 0 Å². The number of aliphatic hydroxyl groups is 1. The van der Waals surface area contributed by atoms with Crippen LogP contribution in [-0.4, -0.2) is 39.2 Å². The SMILES string of the molecule is CSC(CO)C(C)NCc1cnc2ccccc2n1. The highest BCUT2D eigenvalue weighted by Gasteiger charge is 2.14. The van der Waals surface area contributed by atoms with E-state index in [0.717, 1.165) is 16.7 Å². The molecule has 2 unspecified atom stereocenters. The van der Waals surface area contributed by atoms with Gasteiger partial charge in [-0.1, -0.05) is 12.1 Å². The molecule has 19 heavy (non-hydrogen) atoms. The van der Waals surface area contributed by atoms with E-state index in [1.807, 2.05) is 30.5 Å². The summed E-state index contributed by atoms with van der Waals surface area (Å²) in [6.07, 6.45) is 3.81. The number of thioether (sulfide) groups is 1. The lowest BCUT2D eigenvalue weighted by molar-refractivity contribution is 0.275. The number of nitrogens with one attached hydrogen (secondary N) is 1. The first-order valence-corrected chi connectivity index (χ1v) is 7.61. The van der Waals surface area contributed by atoms with Gasteiger partial charge in [-0.3, -0.25) is 4.98 Å². The Morgan fingerprint density at radius 2 is 2.05 bits per heavy atom. The third-order valence-electron chi connectivity index (χ3n) is 3.14. The van der Waals surface area contributed by atoms with Crippen molar-refractivity contribution in [3.63, 3.8) is 0 Å². The summed E-state index contributed by atoms with van der Waals surface area (Å²) < 4.78 is 0. The summed E-state index contributed by atoms with van der Waals surface area (Å²) in [5.41, 5.74) is 2.75. The predicted octanol–water partition coefficient (Wildman–Crippen LogP) is 1.83. The van der Waals surface area contributed by atoms with Crippen LogP contribution in [0.2, 0.25) is 0 Å². The topological polar surface area (TPSA) is 58.0 Å². The van der Waals surface area contributed by atoms with E-state index in [2.05, 4.69) is 22.2 Å². The van der Waals surface area contributed by atoms with E-state index in [-0.39, 0.29) is 17.9 Å². The molecule has 0 aliphatic carbocycles. The van der Waals surface area contributed by atoms with Crippen LogP contribution in [0.3, 0.4) is 0 Å². The van der Waals surface area contributed by atoms with E-state index in [0.29, 0.717) is 6.54 Å². The van der Waals surface area contributed by atoms with Crippen molar-refractivity contribution < 1.29 is 5.11 Å². The van der Waals surface area contributed by atoms with Crippen LogP contribution in [0.5, 0.6) is 0 Å². The second-order valence-electron chi connectivity index (χ2n) is 4.48. The summed E-state index contributed by atoms with van der Waals surface area (Å²) in [6.45, 7) is 2.92. The Bertz CT molecular complexity index is 531. The average molecular weight is 277 g/mol. The maximum Gasteiger partial charge on any atom is 0.0890 e. The lowest BCUT2D eigenvalue weighted by Crippen LogP contribution is -2.37. The highest BCUT2D eigenvalue weighted by atomic mass is 32.2. The second-order valence-corrected chi connectivity index (χ2v) is 5.55. The van der Waals surface area contributed by atoms with E-state index in [1.54, 1.807) is 18.0 Å². The van der Waals surface area contributed by atoms with Gasteiger partial charge in [-0.25, -0.2) is 4.98 Å². The quantitative estimate of drug-likeness (QED) is 0.843. The monoisotopic (exact) mass is 277 g/mol. The standard InChI is InChI=1S/C14H19N3OS/c1-10(14(9-18)19-2)15-7-11-8-16-12-5-3-4-6-13(12)17-11/h3-6,8,10,14-15,18H,7,9H2,1-2H3. The summed E-state index contributed by atoms with van der Waals surface area (Å²) in [5, 5.41) is 12.8. The predicted molar refractivity (Wildman–Crippen MR) is 80.2 cm³/mol. The Balaban J connectivity index is 2.01. The van der Waals surface area contributed by atoms with Gasteiger partial charge in [-0.2, -0.15) is 11.8 Å². The lowest BCUT2D eigenvalue weighted by atomic mass is 10.2. The molecule has 2 atom stereocenters. The number of rotatable bonds is 6. The molecular weight excluding hydrogens is 258 g/mol. The van der Waals surface area contributed by atoms with Crippen molar-refractivity contribution in [3.8, 4) is 0 Å². The van der Waals surface area contributed by atoms with Crippen molar-refractivity contribution >= 4 is 22.8 Å². The van der Waals surface area contributed by atoms with Gasteiger partial charge in [0.15, 0.2) is 0 Å². The van der Waals surface area contributed by atoms with Crippen molar-refractivity contribution in [2.45, 2.75) is 24.8 Å². The third-order valence-corrected chi connectivity index (χ3v) is 4.31. The number of fused-ring (bicyclic) bond motifs is 1. The van der Waals surface area contributed by atoms with E-state index in [4.69, 9.17) is 0 Å². The highest BCUT2D eigenvalue weighted by Crippen LogP contribution is 2.12. The van der Waals surface area contributed by atoms with Gasteiger partial charge in [0.05, 0.1) is 29.5 Å². The zero-order valence-corrected chi connectivity index (χ0v) is 12.0. The molecule has 102 valence electrons. The fraction of sp³-hybridized carbons (Fsp3) is 0.429. The van der Waals surface area contributed by atoms with Crippen molar-refractivity contribution in [1.82, 2.24) is 15.3 Å². The summed E-state index contributed by atoms with van der Waals surface area (Å²) in [5.74, 6) is 0. The number of benzene rings is 1. The molecule has 2 rings (SSSR count). The van der Waals surface area contributed by atoms with E-state index in [9.17, 15) is 5.11 Å². The highest BCUT2D eigenvalue weighted by molar-refractivity contribution is 7.99. The molecule has 0 amide bonds. The molecule has 2 N–H and O–H groups in total. The number of aromatic nitrogens is 2. The minimum Gasteiger partial charge on any atom is -0.395 e. The largest absolute Gasteiger partial charge is 0.395 e. The summed E-state index contributed by atoms with van der Waals surface area (Å²) in [7, 11) is 0. The molecule has 0 saturated heterocycles. The Morgan fingerprint density at radius 1 is 1.32 bits per heavy atom. The van der Waals surface area contributed by atoms with Crippen molar-refractivity contribution in [1.29, 1.82) is 0 Å². The van der Waals surface area contributed by atoms with Crippen LogP contribution in [0.25, 0.3) is 11.0 Å². The van der Waals surface area contributed by atoms with Crippen molar-refractivity contribution in [3.05, 3.63) is 36.2 Å². The summed E-state index contributed by atoms with van der Waals surface area (Å²) >= 11 is 1.67. The van der Waals surface area contributed by atoms with Crippen LogP contribution >= 0.6 is 11.8 Å². The maximum absolute atomic E-state index is 9.25. The molecule has 2 aromatic rings. The molecule has 1 heterocycles. The molecule has 0 bridgehead atoms. The normalized spacial score (nSPS) is 14.5. The maximum atomic E-state index is 9.25. The van der Waals surface area contributed by atoms with Crippen molar-refractivity contribution in [2.75, 3.05) is 12.9 Å². The minimum atomic E-state index is 0.179. The number of para-hydroxylation sites is 2. The second kappa shape index (κ2) is 6.84. The van der Waals surface area contributed by atoms with Gasteiger partial charge < -0.3 is 10.4 Å². The van der Waals surface area contributed by atoms with Gasteiger partial charge in [0.25, 0.3) is 0 Å². The Labute approximate surface area is 117 Å². The van der Waals surface area contributed by atoms with Gasteiger partial charge in [0.2, 0.25) is 0 Å². The molecule has 0 spiro atoms. The lowest BCUT2D eigenvalue weighted by Gasteiger charge is -2.21. The zero-order valence-electron chi connectivity index (χ0n) is 11.2. The van der Waals surface area contributed by atoms with Gasteiger partial charge >= 0.3 is 0 Å². The van der Waals surface area contributed by atoms with Crippen molar-refractivity contribution in [2.24, 2.45) is 0 Å². The number of aliphatic hydroxyl groups excluding tert-OH is 1. The Hall–Kier alpha value is -1.17. The first-order chi connectivity index (χ1) is 9.24. The van der Waals surface area contributed by atoms with Crippen LogP contribution in [0.15, 0.2) is 30.5 Å². The van der Waals surface area contributed by atoms with Crippen LogP contribution in [0, 0.1) is 0 Å². The molecular formula is C14H19N3OS. The number of hydrogen-bond acceptors (Lipinski definition) is 5. The van der Waals surface area contributed by atoms with Crippen LogP contribution in [0.1, 0.15) is 12.6 Å². The first-order valence-electron chi connectivity index (χ1n) is 6.32. The molecule has 0 aliphatic heterocycles. The molecule has 0 radical (unpaired) electrons. The van der Waals surface area contributed by atoms with Gasteiger partial charge in [0, 0.05) is 17.8 Å². The number of nitrogens with zero attached hydrogens (tertiary/aromatic N) is 2. The van der Waals surface area contributed by atoms with Gasteiger partial charge in [-0.15, -0.1) is 0 Å². The zero-order chi connectivity index (χ0) is 13.7. The van der Waals surface area contributed by atoms with Gasteiger partial charge in [-0.05, 0) is 25.3 Å². The fourth-order valence-corrected chi connectivity index (χ4v) is 2.57. The molecule has 4 nitrogen and oxygen atoms in total. The van der Waals surface area contributed by atoms with E-state index in [1.165, 1.54) is 0 Å². The Kier molecular flexibility index (Phi) is 5.13. The third kappa shape index (κ3) is 3.65. The number of hydrogen-bond donors (Lipinski definition) is 2. The Morgan fingerprint density at radius 3 is 2.74 bits per heavy atom. The molecule has 0 fully saturated rings. The van der Waals surface area contributed by atoms with Crippen LogP contribution in [0.4, 0.5) is 0 Å². The first kappa shape index (κ1) is 14.2. The molecule has 0 saturated carbocycles. The van der Waals surface area contributed by atoms with Gasteiger partial charge in [0.1, 0.15) is 0 Å². The summed E-state index contributed by atoms with van der Waals surface area (Å²) in [6, 6.07) is 8.08. The van der Waals surface area contributed by atoms with E-state index < -0.39 is 0 Å². The fourth-order valence-electron chi connectivity index (χ4n) is 1.91. The molecule has 5 heteroatoms. The molecule has 1 aromatic heterocycles. The minimum absolute atomic E-state index is 0.179. The van der Waals surface area contributed by atoms with Crippen LogP contribution < -0.4 is 5.32 Å². The average Bonchev–Trinajstić information content (AvgIpc) is 2.46. The van der Waals surface area contributed by atoms with Crippen LogP contribution in [-0.2, 0) is 6.54 Å².